The van der Waals surface area contributed by atoms with E-state index >= 15 is 0 Å². The van der Waals surface area contributed by atoms with E-state index in [9.17, 15) is 32.7 Å². The number of nitrogens with one attached hydrogen (secondary N) is 1. The van der Waals surface area contributed by atoms with Gasteiger partial charge in [-0.15, -0.1) is 0 Å². The number of carboxylic acid groups (broad SMARTS) is 1. The zero-order chi connectivity index (χ0) is 24.6. The minimum atomic E-state index is -5.13. The largest absolute Gasteiger partial charge is 0.480 e. The van der Waals surface area contributed by atoms with Crippen molar-refractivity contribution in [3.8, 4) is 11.1 Å². The van der Waals surface area contributed by atoms with Gasteiger partial charge in [0.05, 0.1) is 0 Å². The van der Waals surface area contributed by atoms with Crippen molar-refractivity contribution in [1.29, 1.82) is 0 Å². The standard InChI is InChI=1S/C24H23F3N2O5/c1-13(22(31)32)29(14-10-11-14)21(30)20(24(25,26)27)28-23(33)34-12-19-17-8-4-2-6-15(17)16-7-3-5-9-18(16)19/h2-9,13-14,19-20H,10-12H2,1H3,(H,28,33)(H,31,32). The maximum atomic E-state index is 13.7. The van der Waals surface area contributed by atoms with Crippen LogP contribution in [-0.4, -0.2) is 58.9 Å². The van der Waals surface area contributed by atoms with Gasteiger partial charge in [0.15, 0.2) is 0 Å². The third-order valence-corrected chi connectivity index (χ3v) is 6.15. The molecule has 2 amide bonds. The van der Waals surface area contributed by atoms with Crippen molar-refractivity contribution >= 4 is 18.0 Å². The van der Waals surface area contributed by atoms with Crippen LogP contribution in [-0.2, 0) is 14.3 Å². The molecule has 34 heavy (non-hydrogen) atoms. The lowest BCUT2D eigenvalue weighted by Crippen LogP contribution is -2.59. The Labute approximate surface area is 193 Å². The van der Waals surface area contributed by atoms with E-state index in [-0.39, 0.29) is 12.5 Å². The number of carbonyl (C=O) groups excluding carboxylic acids is 2. The molecule has 10 heteroatoms. The summed E-state index contributed by atoms with van der Waals surface area (Å²) in [6.07, 6.45) is -5.73. The molecule has 4 rings (SSSR count). The number of aliphatic carboxylic acids is 1. The number of hydrogen-bond acceptors (Lipinski definition) is 4. The van der Waals surface area contributed by atoms with E-state index in [1.807, 2.05) is 48.5 Å². The van der Waals surface area contributed by atoms with Gasteiger partial charge in [0.2, 0.25) is 6.04 Å². The first-order valence-corrected chi connectivity index (χ1v) is 10.8. The van der Waals surface area contributed by atoms with Gasteiger partial charge in [0.25, 0.3) is 5.91 Å². The van der Waals surface area contributed by atoms with Gasteiger partial charge in [0, 0.05) is 12.0 Å². The summed E-state index contributed by atoms with van der Waals surface area (Å²) in [5, 5.41) is 10.8. The van der Waals surface area contributed by atoms with Gasteiger partial charge in [-0.2, -0.15) is 13.2 Å². The molecule has 2 atom stereocenters. The Balaban J connectivity index is 1.48. The van der Waals surface area contributed by atoms with E-state index in [0.717, 1.165) is 29.2 Å². The zero-order valence-electron chi connectivity index (χ0n) is 18.2. The Morgan fingerprint density at radius 1 is 1.06 bits per heavy atom. The van der Waals surface area contributed by atoms with Crippen molar-refractivity contribution in [2.45, 2.75) is 50.0 Å². The maximum Gasteiger partial charge on any atom is 0.417 e. The SMILES string of the molecule is CC(C(=O)O)N(C(=O)C(NC(=O)OCC1c2ccccc2-c2ccccc21)C(F)(F)F)C1CC1. The molecular formula is C24H23F3N2O5. The smallest absolute Gasteiger partial charge is 0.417 e. The molecule has 0 heterocycles. The van der Waals surface area contributed by atoms with Gasteiger partial charge >= 0.3 is 18.2 Å². The minimum absolute atomic E-state index is 0.226. The molecule has 2 aliphatic carbocycles. The van der Waals surface area contributed by atoms with Crippen molar-refractivity contribution in [3.05, 3.63) is 59.7 Å². The van der Waals surface area contributed by atoms with E-state index < -0.39 is 42.3 Å². The molecule has 180 valence electrons. The van der Waals surface area contributed by atoms with Crippen LogP contribution < -0.4 is 5.32 Å². The fourth-order valence-electron chi connectivity index (χ4n) is 4.35. The van der Waals surface area contributed by atoms with E-state index in [4.69, 9.17) is 4.74 Å². The normalized spacial score (nSPS) is 16.7. The first-order chi connectivity index (χ1) is 16.1. The molecule has 7 nitrogen and oxygen atoms in total. The van der Waals surface area contributed by atoms with Gasteiger partial charge in [-0.25, -0.2) is 9.59 Å². The average Bonchev–Trinajstić information content (AvgIpc) is 3.57. The highest BCUT2D eigenvalue weighted by molar-refractivity contribution is 5.90. The predicted molar refractivity (Wildman–Crippen MR) is 115 cm³/mol. The summed E-state index contributed by atoms with van der Waals surface area (Å²) < 4.78 is 46.3. The van der Waals surface area contributed by atoms with Gasteiger partial charge < -0.3 is 20.1 Å². The Morgan fingerprint density at radius 3 is 2.06 bits per heavy atom. The van der Waals surface area contributed by atoms with Crippen LogP contribution in [0.25, 0.3) is 11.1 Å². The molecule has 0 radical (unpaired) electrons. The summed E-state index contributed by atoms with van der Waals surface area (Å²) in [4.78, 5) is 37.1. The van der Waals surface area contributed by atoms with Crippen LogP contribution in [0.3, 0.4) is 0 Å². The molecular weight excluding hydrogens is 453 g/mol. The molecule has 2 aromatic rings. The number of alkyl halides is 3. The topological polar surface area (TPSA) is 95.9 Å². The van der Waals surface area contributed by atoms with Crippen molar-refractivity contribution in [2.75, 3.05) is 6.61 Å². The van der Waals surface area contributed by atoms with Crippen LogP contribution in [0, 0.1) is 0 Å². The predicted octanol–water partition coefficient (Wildman–Crippen LogP) is 3.92. The lowest BCUT2D eigenvalue weighted by atomic mass is 9.98. The minimum Gasteiger partial charge on any atom is -0.480 e. The Kier molecular flexibility index (Phi) is 6.24. The second-order valence-electron chi connectivity index (χ2n) is 8.44. The van der Waals surface area contributed by atoms with E-state index in [1.54, 1.807) is 5.32 Å². The molecule has 1 fully saturated rings. The molecule has 0 aliphatic heterocycles. The molecule has 1 saturated carbocycles. The first-order valence-electron chi connectivity index (χ1n) is 10.8. The maximum absolute atomic E-state index is 13.7. The first kappa shape index (κ1) is 23.6. The number of carboxylic acids is 1. The number of nitrogens with zero attached hydrogens (tertiary/aromatic N) is 1. The van der Waals surface area contributed by atoms with Crippen LogP contribution in [0.2, 0.25) is 0 Å². The van der Waals surface area contributed by atoms with Gasteiger partial charge in [-0.3, -0.25) is 4.79 Å². The molecule has 0 aromatic heterocycles. The summed E-state index contributed by atoms with van der Waals surface area (Å²) >= 11 is 0. The van der Waals surface area contributed by atoms with Crippen LogP contribution in [0.1, 0.15) is 36.8 Å². The van der Waals surface area contributed by atoms with Crippen molar-refractivity contribution < 1.29 is 37.4 Å². The summed E-state index contributed by atoms with van der Waals surface area (Å²) in [6.45, 7) is 0.912. The summed E-state index contributed by atoms with van der Waals surface area (Å²) in [6, 6.07) is 9.98. The molecule has 0 bridgehead atoms. The van der Waals surface area contributed by atoms with Crippen LogP contribution in [0.4, 0.5) is 18.0 Å². The Morgan fingerprint density at radius 2 is 1.59 bits per heavy atom. The summed E-state index contributed by atoms with van der Waals surface area (Å²) in [7, 11) is 0. The highest BCUT2D eigenvalue weighted by Crippen LogP contribution is 2.44. The second-order valence-corrected chi connectivity index (χ2v) is 8.44. The van der Waals surface area contributed by atoms with Crippen LogP contribution in [0.15, 0.2) is 48.5 Å². The number of halogens is 3. The number of hydrogen-bond donors (Lipinski definition) is 2. The average molecular weight is 476 g/mol. The van der Waals surface area contributed by atoms with Gasteiger partial charge in [-0.05, 0) is 42.0 Å². The molecule has 2 aliphatic rings. The van der Waals surface area contributed by atoms with Crippen LogP contribution >= 0.6 is 0 Å². The van der Waals surface area contributed by atoms with Gasteiger partial charge in [0.1, 0.15) is 12.6 Å². The summed E-state index contributed by atoms with van der Waals surface area (Å²) in [5.74, 6) is -3.31. The number of carbonyl (C=O) groups is 3. The molecule has 2 N–H and O–H groups in total. The monoisotopic (exact) mass is 476 g/mol. The quantitative estimate of drug-likeness (QED) is 0.632. The third kappa shape index (κ3) is 4.57. The van der Waals surface area contributed by atoms with Crippen molar-refractivity contribution in [1.82, 2.24) is 10.2 Å². The van der Waals surface area contributed by atoms with Gasteiger partial charge in [-0.1, -0.05) is 48.5 Å². The van der Waals surface area contributed by atoms with E-state index in [2.05, 4.69) is 0 Å². The fourth-order valence-corrected chi connectivity index (χ4v) is 4.35. The number of amides is 2. The lowest BCUT2D eigenvalue weighted by Gasteiger charge is -2.31. The lowest BCUT2D eigenvalue weighted by molar-refractivity contribution is -0.178. The third-order valence-electron chi connectivity index (χ3n) is 6.15. The highest BCUT2D eigenvalue weighted by atomic mass is 19.4. The Bertz CT molecular complexity index is 1070. The molecule has 2 unspecified atom stereocenters. The molecule has 0 saturated heterocycles. The van der Waals surface area contributed by atoms with Crippen molar-refractivity contribution in [2.24, 2.45) is 0 Å². The number of fused-ring (bicyclic) bond motifs is 3. The van der Waals surface area contributed by atoms with Crippen molar-refractivity contribution in [3.63, 3.8) is 0 Å². The van der Waals surface area contributed by atoms with Crippen LogP contribution in [0.5, 0.6) is 0 Å². The fraction of sp³-hybridized carbons (Fsp3) is 0.375. The second kappa shape index (κ2) is 9.00. The Hall–Kier alpha value is -3.56. The number of ether oxygens (including phenoxy) is 1. The molecule has 2 aromatic carbocycles. The number of benzene rings is 2. The zero-order valence-corrected chi connectivity index (χ0v) is 18.2. The number of rotatable bonds is 7. The molecule has 0 spiro atoms. The summed E-state index contributed by atoms with van der Waals surface area (Å²) in [5.41, 5.74) is 3.68. The van der Waals surface area contributed by atoms with E-state index in [0.29, 0.717) is 17.7 Å². The highest BCUT2D eigenvalue weighted by Gasteiger charge is 2.52. The van der Waals surface area contributed by atoms with E-state index in [1.165, 1.54) is 0 Å². The number of alkyl carbamates (subject to hydrolysis) is 1.